The van der Waals surface area contributed by atoms with Crippen LogP contribution in [0, 0.1) is 6.92 Å². The third kappa shape index (κ3) is 5.87. The van der Waals surface area contributed by atoms with Crippen molar-refractivity contribution >= 4 is 5.97 Å². The minimum Gasteiger partial charge on any atom is -0.475 e. The number of hydrogen-bond donors (Lipinski definition) is 4. The molecule has 4 N–H and O–H groups in total. The molecule has 0 saturated heterocycles. The first-order valence-electron chi connectivity index (χ1n) is 6.13. The van der Waals surface area contributed by atoms with E-state index in [0.717, 1.165) is 6.20 Å². The van der Waals surface area contributed by atoms with Gasteiger partial charge in [-0.15, -0.1) is 0 Å². The molecule has 0 aliphatic carbocycles. The van der Waals surface area contributed by atoms with Crippen LogP contribution < -0.4 is 27.2 Å². The Morgan fingerprint density at radius 2 is 1.57 bits per heavy atom. The van der Waals surface area contributed by atoms with Crippen LogP contribution in [0.15, 0.2) is 31.6 Å². The van der Waals surface area contributed by atoms with Gasteiger partial charge in [-0.3, -0.25) is 19.6 Å². The monoisotopic (exact) mass is 326 g/mol. The molecule has 11 heteroatoms. The van der Waals surface area contributed by atoms with Gasteiger partial charge in [-0.1, -0.05) is 0 Å². The van der Waals surface area contributed by atoms with Crippen molar-refractivity contribution in [3.05, 3.63) is 59.6 Å². The number of esters is 1. The van der Waals surface area contributed by atoms with Crippen LogP contribution in [0.2, 0.25) is 0 Å². The number of rotatable bonds is 3. The van der Waals surface area contributed by atoms with Crippen molar-refractivity contribution in [2.24, 2.45) is 0 Å². The van der Waals surface area contributed by atoms with Crippen LogP contribution in [0.4, 0.5) is 0 Å². The molecule has 23 heavy (non-hydrogen) atoms. The van der Waals surface area contributed by atoms with Gasteiger partial charge in [0, 0.05) is 11.8 Å². The number of carbonyl (C=O) groups excluding carboxylic acids is 1. The molecule has 0 bridgehead atoms. The Morgan fingerprint density at radius 1 is 1.00 bits per heavy atom. The number of carbonyl (C=O) groups is 1. The first-order valence-corrected chi connectivity index (χ1v) is 6.13. The van der Waals surface area contributed by atoms with Crippen LogP contribution in [0.5, 0.6) is 5.75 Å². The normalized spacial score (nSPS) is 9.48. The van der Waals surface area contributed by atoms with E-state index in [0.29, 0.717) is 5.56 Å². The van der Waals surface area contributed by atoms with Crippen LogP contribution in [-0.2, 0) is 9.53 Å². The standard InChI is InChI=1S/C7H8N2O5.C5H6N2O2/c1-13-5(10)3-14-4-2-8-7(12)9-6(4)11;1-3-2-6-5(9)7-4(3)8/h2H,3H2,1H3,(H2,8,9,11,12);2H,1H3,(H2,6,7,8,9). The fourth-order valence-electron chi connectivity index (χ4n) is 1.18. The maximum Gasteiger partial charge on any atom is 0.343 e. The predicted molar refractivity (Wildman–Crippen MR) is 77.6 cm³/mol. The van der Waals surface area contributed by atoms with Crippen LogP contribution in [0.25, 0.3) is 0 Å². The smallest absolute Gasteiger partial charge is 0.343 e. The lowest BCUT2D eigenvalue weighted by Crippen LogP contribution is -2.24. The third-order valence-corrected chi connectivity index (χ3v) is 2.36. The van der Waals surface area contributed by atoms with Gasteiger partial charge in [0.1, 0.15) is 0 Å². The van der Waals surface area contributed by atoms with Gasteiger partial charge >= 0.3 is 17.3 Å². The summed E-state index contributed by atoms with van der Waals surface area (Å²) < 4.78 is 9.04. The van der Waals surface area contributed by atoms with Crippen molar-refractivity contribution in [1.82, 2.24) is 19.9 Å². The second-order valence-electron chi connectivity index (χ2n) is 4.06. The maximum atomic E-state index is 11.0. The van der Waals surface area contributed by atoms with E-state index in [1.807, 2.05) is 4.98 Å². The number of aromatic nitrogens is 4. The minimum atomic E-state index is -0.697. The molecule has 0 saturated carbocycles. The minimum absolute atomic E-state index is 0.144. The zero-order valence-corrected chi connectivity index (χ0v) is 12.2. The molecule has 2 heterocycles. The molecule has 2 aromatic rings. The Balaban J connectivity index is 0.000000253. The summed E-state index contributed by atoms with van der Waals surface area (Å²) in [4.78, 5) is 61.6. The average Bonchev–Trinajstić information content (AvgIpc) is 2.50. The summed E-state index contributed by atoms with van der Waals surface area (Å²) in [5.41, 5.74) is -1.63. The highest BCUT2D eigenvalue weighted by Gasteiger charge is 2.05. The van der Waals surface area contributed by atoms with Crippen molar-refractivity contribution in [3.8, 4) is 5.75 Å². The highest BCUT2D eigenvalue weighted by molar-refractivity contribution is 5.70. The Hall–Kier alpha value is -3.37. The van der Waals surface area contributed by atoms with Gasteiger partial charge < -0.3 is 19.4 Å². The average molecular weight is 326 g/mol. The van der Waals surface area contributed by atoms with E-state index in [1.54, 1.807) is 6.92 Å². The number of ether oxygens (including phenoxy) is 2. The maximum absolute atomic E-state index is 11.0. The molecular weight excluding hydrogens is 312 g/mol. The molecule has 0 aliphatic heterocycles. The van der Waals surface area contributed by atoms with E-state index < -0.39 is 22.9 Å². The van der Waals surface area contributed by atoms with E-state index in [4.69, 9.17) is 4.74 Å². The molecule has 124 valence electrons. The summed E-state index contributed by atoms with van der Waals surface area (Å²) in [6, 6.07) is 0. The van der Waals surface area contributed by atoms with Gasteiger partial charge in [-0.2, -0.15) is 0 Å². The van der Waals surface area contributed by atoms with E-state index in [-0.39, 0.29) is 17.9 Å². The molecule has 11 nitrogen and oxygen atoms in total. The molecule has 0 fully saturated rings. The van der Waals surface area contributed by atoms with Gasteiger partial charge in [0.15, 0.2) is 6.61 Å². The SMILES string of the molecule is COC(=O)COc1c[nH]c(=O)[nH]c1=O.Cc1c[nH]c(=O)[nH]c1=O. The summed E-state index contributed by atoms with van der Waals surface area (Å²) in [6.07, 6.45) is 2.45. The quantitative estimate of drug-likeness (QED) is 0.472. The van der Waals surface area contributed by atoms with Crippen molar-refractivity contribution in [2.75, 3.05) is 13.7 Å². The van der Waals surface area contributed by atoms with Gasteiger partial charge in [-0.05, 0) is 6.92 Å². The Kier molecular flexibility index (Phi) is 6.28. The molecule has 0 atom stereocenters. The summed E-state index contributed by atoms with van der Waals surface area (Å²) in [5, 5.41) is 0. The van der Waals surface area contributed by atoms with E-state index in [9.17, 15) is 24.0 Å². The molecule has 0 aromatic carbocycles. The lowest BCUT2D eigenvalue weighted by molar-refractivity contribution is -0.142. The number of hydrogen-bond acceptors (Lipinski definition) is 7. The molecule has 0 amide bonds. The summed E-state index contributed by atoms with van der Waals surface area (Å²) in [6.45, 7) is 1.24. The Morgan fingerprint density at radius 3 is 2.04 bits per heavy atom. The number of nitrogens with one attached hydrogen (secondary N) is 4. The predicted octanol–water partition coefficient (Wildman–Crippen LogP) is -2.01. The molecule has 2 aromatic heterocycles. The van der Waals surface area contributed by atoms with Gasteiger partial charge in [0.25, 0.3) is 11.1 Å². The summed E-state index contributed by atoms with van der Waals surface area (Å²) >= 11 is 0. The van der Waals surface area contributed by atoms with Crippen LogP contribution >= 0.6 is 0 Å². The van der Waals surface area contributed by atoms with E-state index in [2.05, 4.69) is 19.7 Å². The largest absolute Gasteiger partial charge is 0.475 e. The number of methoxy groups -OCH3 is 1. The highest BCUT2D eigenvalue weighted by atomic mass is 16.6. The number of aromatic amines is 4. The van der Waals surface area contributed by atoms with Crippen LogP contribution in [0.3, 0.4) is 0 Å². The van der Waals surface area contributed by atoms with Gasteiger partial charge in [0.2, 0.25) is 5.75 Å². The number of H-pyrrole nitrogens is 4. The Bertz CT molecular complexity index is 889. The zero-order valence-electron chi connectivity index (χ0n) is 12.2. The van der Waals surface area contributed by atoms with Crippen molar-refractivity contribution < 1.29 is 14.3 Å². The molecule has 0 spiro atoms. The van der Waals surface area contributed by atoms with Crippen molar-refractivity contribution in [2.45, 2.75) is 6.92 Å². The van der Waals surface area contributed by atoms with Gasteiger partial charge in [0.05, 0.1) is 13.3 Å². The first-order chi connectivity index (χ1) is 10.8. The van der Waals surface area contributed by atoms with Crippen LogP contribution in [-0.4, -0.2) is 39.6 Å². The first kappa shape index (κ1) is 17.7. The van der Waals surface area contributed by atoms with Crippen molar-refractivity contribution in [1.29, 1.82) is 0 Å². The molecule has 0 unspecified atom stereocenters. The van der Waals surface area contributed by atoms with Crippen molar-refractivity contribution in [3.63, 3.8) is 0 Å². The fourth-order valence-corrected chi connectivity index (χ4v) is 1.18. The molecule has 0 aliphatic rings. The molecule has 2 rings (SSSR count). The summed E-state index contributed by atoms with van der Waals surface area (Å²) in [5.74, 6) is -0.759. The number of aryl methyl sites for hydroxylation is 1. The van der Waals surface area contributed by atoms with E-state index >= 15 is 0 Å². The lowest BCUT2D eigenvalue weighted by Gasteiger charge is -2.01. The van der Waals surface area contributed by atoms with Gasteiger partial charge in [-0.25, -0.2) is 14.4 Å². The lowest BCUT2D eigenvalue weighted by atomic mass is 10.4. The van der Waals surface area contributed by atoms with Crippen LogP contribution in [0.1, 0.15) is 5.56 Å². The second kappa shape index (κ2) is 8.17. The Labute approximate surface area is 127 Å². The molecule has 0 radical (unpaired) electrons. The van der Waals surface area contributed by atoms with E-state index in [1.165, 1.54) is 13.3 Å². The second-order valence-corrected chi connectivity index (χ2v) is 4.06. The topological polar surface area (TPSA) is 167 Å². The molecular formula is C12H14N4O7. The fraction of sp³-hybridized carbons (Fsp3) is 0.250. The zero-order chi connectivity index (χ0) is 17.4. The highest BCUT2D eigenvalue weighted by Crippen LogP contribution is 1.95. The third-order valence-electron chi connectivity index (χ3n) is 2.36. The summed E-state index contributed by atoms with van der Waals surface area (Å²) in [7, 11) is 1.20.